The van der Waals surface area contributed by atoms with Crippen LogP contribution in [0.4, 0.5) is 5.82 Å². The second kappa shape index (κ2) is 4.78. The van der Waals surface area contributed by atoms with Crippen molar-refractivity contribution in [2.24, 2.45) is 12.9 Å². The van der Waals surface area contributed by atoms with Gasteiger partial charge in [-0.2, -0.15) is 5.10 Å². The van der Waals surface area contributed by atoms with Crippen LogP contribution in [0.25, 0.3) is 0 Å². The van der Waals surface area contributed by atoms with Crippen molar-refractivity contribution in [3.05, 3.63) is 17.7 Å². The number of aryl methyl sites for hydroxylation is 1. The van der Waals surface area contributed by atoms with Crippen LogP contribution in [0.15, 0.2) is 16.5 Å². The lowest BCUT2D eigenvalue weighted by Crippen LogP contribution is -2.13. The summed E-state index contributed by atoms with van der Waals surface area (Å²) in [6.45, 7) is 1.95. The van der Waals surface area contributed by atoms with Crippen molar-refractivity contribution in [2.75, 3.05) is 5.43 Å². The van der Waals surface area contributed by atoms with Crippen LogP contribution in [0, 0.1) is 6.92 Å². The first-order valence-corrected chi connectivity index (χ1v) is 6.87. The number of aromatic nitrogens is 5. The molecule has 0 unspecified atom stereocenters. The molecule has 0 aliphatic heterocycles. The Kier molecular flexibility index (Phi) is 3.11. The molecule has 1 aliphatic rings. The van der Waals surface area contributed by atoms with Gasteiger partial charge in [0.2, 0.25) is 0 Å². The molecule has 1 aliphatic carbocycles. The third-order valence-electron chi connectivity index (χ3n) is 3.06. The van der Waals surface area contributed by atoms with E-state index in [1.54, 1.807) is 4.68 Å². The summed E-state index contributed by atoms with van der Waals surface area (Å²) in [5.41, 5.74) is 3.58. The molecule has 0 spiro atoms. The minimum atomic E-state index is 0.478. The van der Waals surface area contributed by atoms with E-state index in [2.05, 4.69) is 25.5 Å². The minimum absolute atomic E-state index is 0.478. The normalized spacial score (nSPS) is 14.7. The number of hydrogen-bond donors (Lipinski definition) is 2. The van der Waals surface area contributed by atoms with Crippen LogP contribution < -0.4 is 11.3 Å². The zero-order valence-corrected chi connectivity index (χ0v) is 11.6. The maximum absolute atomic E-state index is 5.53. The molecule has 0 aromatic carbocycles. The molecular weight excluding hydrogens is 262 g/mol. The highest BCUT2D eigenvalue weighted by molar-refractivity contribution is 7.99. The molecule has 3 N–H and O–H groups in total. The topological polar surface area (TPSA) is 94.5 Å². The van der Waals surface area contributed by atoms with E-state index in [1.165, 1.54) is 18.1 Å². The van der Waals surface area contributed by atoms with Crippen LogP contribution in [-0.2, 0) is 7.05 Å². The summed E-state index contributed by atoms with van der Waals surface area (Å²) in [5.74, 6) is 7.55. The highest BCUT2D eigenvalue weighted by Crippen LogP contribution is 2.40. The SMILES string of the molecule is Cc1c(NN)nc(C2CC2)nc1Sc1ncnn1C. The van der Waals surface area contributed by atoms with Gasteiger partial charge in [-0.05, 0) is 31.5 Å². The second-order valence-electron chi connectivity index (χ2n) is 4.55. The van der Waals surface area contributed by atoms with Crippen LogP contribution in [0.2, 0.25) is 0 Å². The molecule has 0 radical (unpaired) electrons. The van der Waals surface area contributed by atoms with Gasteiger partial charge in [0.25, 0.3) is 0 Å². The summed E-state index contributed by atoms with van der Waals surface area (Å²) in [4.78, 5) is 13.3. The Morgan fingerprint density at radius 2 is 2.21 bits per heavy atom. The van der Waals surface area contributed by atoms with Crippen molar-refractivity contribution in [3.8, 4) is 0 Å². The van der Waals surface area contributed by atoms with E-state index in [0.717, 1.165) is 34.4 Å². The molecule has 1 saturated carbocycles. The number of anilines is 1. The van der Waals surface area contributed by atoms with E-state index in [0.29, 0.717) is 11.7 Å². The van der Waals surface area contributed by atoms with Crippen molar-refractivity contribution in [3.63, 3.8) is 0 Å². The van der Waals surface area contributed by atoms with E-state index >= 15 is 0 Å². The Labute approximate surface area is 115 Å². The van der Waals surface area contributed by atoms with Gasteiger partial charge in [-0.3, -0.25) is 0 Å². The first-order valence-electron chi connectivity index (χ1n) is 6.06. The number of hydrogen-bond acceptors (Lipinski definition) is 7. The average molecular weight is 277 g/mol. The van der Waals surface area contributed by atoms with Gasteiger partial charge in [0.15, 0.2) is 5.16 Å². The summed E-state index contributed by atoms with van der Waals surface area (Å²) in [5, 5.41) is 5.73. The quantitative estimate of drug-likeness (QED) is 0.493. The second-order valence-corrected chi connectivity index (χ2v) is 5.50. The molecule has 7 nitrogen and oxygen atoms in total. The van der Waals surface area contributed by atoms with E-state index in [1.807, 2.05) is 14.0 Å². The molecule has 1 fully saturated rings. The van der Waals surface area contributed by atoms with Crippen molar-refractivity contribution >= 4 is 17.6 Å². The summed E-state index contributed by atoms with van der Waals surface area (Å²) in [6, 6.07) is 0. The fraction of sp³-hybridized carbons (Fsp3) is 0.455. The molecule has 2 aromatic heterocycles. The highest BCUT2D eigenvalue weighted by Gasteiger charge is 2.28. The van der Waals surface area contributed by atoms with Gasteiger partial charge >= 0.3 is 0 Å². The summed E-state index contributed by atoms with van der Waals surface area (Å²) in [7, 11) is 1.86. The fourth-order valence-electron chi connectivity index (χ4n) is 1.74. The van der Waals surface area contributed by atoms with Crippen LogP contribution >= 0.6 is 11.8 Å². The lowest BCUT2D eigenvalue weighted by atomic mass is 10.3. The molecule has 100 valence electrons. The minimum Gasteiger partial charge on any atom is -0.308 e. The molecule has 0 atom stereocenters. The Morgan fingerprint density at radius 1 is 1.42 bits per heavy atom. The molecule has 8 heteroatoms. The number of nitrogens with zero attached hydrogens (tertiary/aromatic N) is 5. The first kappa shape index (κ1) is 12.4. The molecule has 0 saturated heterocycles. The molecule has 2 heterocycles. The van der Waals surface area contributed by atoms with Crippen LogP contribution in [0.1, 0.15) is 30.1 Å². The van der Waals surface area contributed by atoms with E-state index in [4.69, 9.17) is 5.84 Å². The number of nitrogens with two attached hydrogens (primary N) is 1. The Balaban J connectivity index is 1.99. The summed E-state index contributed by atoms with van der Waals surface area (Å²) < 4.78 is 1.72. The van der Waals surface area contributed by atoms with Crippen molar-refractivity contribution in [1.82, 2.24) is 24.7 Å². The third kappa shape index (κ3) is 2.41. The molecule has 0 bridgehead atoms. The fourth-order valence-corrected chi connectivity index (χ4v) is 2.58. The van der Waals surface area contributed by atoms with Gasteiger partial charge in [0.1, 0.15) is 23.0 Å². The highest BCUT2D eigenvalue weighted by atomic mass is 32.2. The Hall–Kier alpha value is -1.67. The average Bonchev–Trinajstić information content (AvgIpc) is 3.17. The van der Waals surface area contributed by atoms with E-state index < -0.39 is 0 Å². The Bertz CT molecular complexity index is 605. The maximum atomic E-state index is 5.53. The lowest BCUT2D eigenvalue weighted by Gasteiger charge is -2.10. The largest absolute Gasteiger partial charge is 0.308 e. The molecule has 3 rings (SSSR count). The van der Waals surface area contributed by atoms with Gasteiger partial charge in [-0.15, -0.1) is 0 Å². The van der Waals surface area contributed by atoms with Gasteiger partial charge in [0, 0.05) is 18.5 Å². The predicted octanol–water partition coefficient (Wildman–Crippen LogP) is 1.23. The monoisotopic (exact) mass is 277 g/mol. The van der Waals surface area contributed by atoms with Crippen LogP contribution in [-0.4, -0.2) is 24.7 Å². The van der Waals surface area contributed by atoms with Crippen LogP contribution in [0.3, 0.4) is 0 Å². The first-order chi connectivity index (χ1) is 9.19. The zero-order chi connectivity index (χ0) is 13.4. The van der Waals surface area contributed by atoms with Crippen molar-refractivity contribution in [1.29, 1.82) is 0 Å². The number of hydrazine groups is 1. The molecule has 19 heavy (non-hydrogen) atoms. The van der Waals surface area contributed by atoms with Crippen molar-refractivity contribution < 1.29 is 0 Å². The number of nitrogens with one attached hydrogen (secondary N) is 1. The van der Waals surface area contributed by atoms with Gasteiger partial charge < -0.3 is 5.43 Å². The summed E-state index contributed by atoms with van der Waals surface area (Å²) >= 11 is 1.48. The Morgan fingerprint density at radius 3 is 2.79 bits per heavy atom. The molecular formula is C11H15N7S. The van der Waals surface area contributed by atoms with Crippen LogP contribution in [0.5, 0.6) is 0 Å². The van der Waals surface area contributed by atoms with Gasteiger partial charge in [0.05, 0.1) is 0 Å². The van der Waals surface area contributed by atoms with E-state index in [9.17, 15) is 0 Å². The zero-order valence-electron chi connectivity index (χ0n) is 10.8. The van der Waals surface area contributed by atoms with E-state index in [-0.39, 0.29) is 0 Å². The van der Waals surface area contributed by atoms with Gasteiger partial charge in [-0.25, -0.2) is 25.5 Å². The molecule has 2 aromatic rings. The standard InChI is InChI=1S/C11H15N7S/c1-6-8(17-12)15-9(7-3-4-7)16-10(6)19-11-13-5-14-18(11)2/h5,7H,3-4,12H2,1-2H3,(H,15,16,17). The van der Waals surface area contributed by atoms with Gasteiger partial charge in [-0.1, -0.05) is 0 Å². The summed E-state index contributed by atoms with van der Waals surface area (Å²) in [6.07, 6.45) is 3.84. The lowest BCUT2D eigenvalue weighted by molar-refractivity contribution is 0.684. The van der Waals surface area contributed by atoms with Crippen molar-refractivity contribution in [2.45, 2.75) is 35.9 Å². The molecule has 0 amide bonds. The predicted molar refractivity (Wildman–Crippen MR) is 71.7 cm³/mol. The number of nitrogen functional groups attached to an aromatic ring is 1. The smallest absolute Gasteiger partial charge is 0.192 e. The third-order valence-corrected chi connectivity index (χ3v) is 4.20. The maximum Gasteiger partial charge on any atom is 0.192 e. The number of rotatable bonds is 4.